The lowest BCUT2D eigenvalue weighted by molar-refractivity contribution is -0.124. The van der Waals surface area contributed by atoms with Crippen molar-refractivity contribution in [1.82, 2.24) is 15.0 Å². The maximum atomic E-state index is 12.7. The number of esters is 1. The van der Waals surface area contributed by atoms with E-state index in [1.807, 2.05) is 29.6 Å². The molecule has 0 saturated carbocycles. The van der Waals surface area contributed by atoms with Crippen LogP contribution in [-0.2, 0) is 9.53 Å². The topological polar surface area (TPSA) is 97.0 Å². The molecule has 32 heavy (non-hydrogen) atoms. The number of imidazole rings is 1. The number of aromatic amines is 1. The van der Waals surface area contributed by atoms with Crippen molar-refractivity contribution in [3.8, 4) is 22.6 Å². The van der Waals surface area contributed by atoms with Crippen LogP contribution >= 0.6 is 27.3 Å². The summed E-state index contributed by atoms with van der Waals surface area (Å²) in [4.78, 5) is 36.9. The third kappa shape index (κ3) is 5.12. The molecular formula is C23H19BrN4O3S. The summed E-state index contributed by atoms with van der Waals surface area (Å²) in [7, 11) is 0. The van der Waals surface area contributed by atoms with Gasteiger partial charge < -0.3 is 9.72 Å². The number of thiazole rings is 1. The SMILES string of the molecule is CCC(OC(=O)c1ccc(-c2ncc[nH]2)cc1)C(=O)Nc1nc(-c2ccc(Br)cc2)cs1. The largest absolute Gasteiger partial charge is 0.449 e. The number of benzene rings is 2. The van der Waals surface area contributed by atoms with E-state index in [0.717, 1.165) is 21.3 Å². The number of aromatic nitrogens is 3. The van der Waals surface area contributed by atoms with Crippen molar-refractivity contribution in [3.05, 3.63) is 76.3 Å². The average Bonchev–Trinajstić information content (AvgIpc) is 3.50. The van der Waals surface area contributed by atoms with Crippen LogP contribution in [-0.4, -0.2) is 32.9 Å². The van der Waals surface area contributed by atoms with Crippen molar-refractivity contribution < 1.29 is 14.3 Å². The van der Waals surface area contributed by atoms with Gasteiger partial charge in [-0.3, -0.25) is 10.1 Å². The highest BCUT2D eigenvalue weighted by molar-refractivity contribution is 9.10. The lowest BCUT2D eigenvalue weighted by atomic mass is 10.1. The lowest BCUT2D eigenvalue weighted by Crippen LogP contribution is -2.32. The fourth-order valence-electron chi connectivity index (χ4n) is 2.98. The monoisotopic (exact) mass is 510 g/mol. The van der Waals surface area contributed by atoms with Crippen molar-refractivity contribution in [2.45, 2.75) is 19.4 Å². The fourth-order valence-corrected chi connectivity index (χ4v) is 3.96. The summed E-state index contributed by atoms with van der Waals surface area (Å²) in [5.74, 6) is -0.265. The van der Waals surface area contributed by atoms with E-state index >= 15 is 0 Å². The van der Waals surface area contributed by atoms with E-state index in [-0.39, 0.29) is 0 Å². The number of rotatable bonds is 7. The standard InChI is InChI=1S/C23H19BrN4O3S/c1-2-19(31-22(30)16-5-3-15(4-6-16)20-25-11-12-26-20)21(29)28-23-27-18(13-32-23)14-7-9-17(24)10-8-14/h3-13,19H,2H2,1H3,(H,25,26)(H,27,28,29). The molecule has 2 heterocycles. The predicted octanol–water partition coefficient (Wildman–Crippen LogP) is 5.54. The van der Waals surface area contributed by atoms with E-state index in [1.54, 1.807) is 43.6 Å². The van der Waals surface area contributed by atoms with Crippen molar-refractivity contribution in [3.63, 3.8) is 0 Å². The molecule has 1 unspecified atom stereocenters. The summed E-state index contributed by atoms with van der Waals surface area (Å²) in [6, 6.07) is 14.6. The summed E-state index contributed by atoms with van der Waals surface area (Å²) in [5, 5.41) is 5.07. The molecule has 1 atom stereocenters. The first-order valence-corrected chi connectivity index (χ1v) is 11.5. The maximum absolute atomic E-state index is 12.7. The fraction of sp³-hybridized carbons (Fsp3) is 0.130. The van der Waals surface area contributed by atoms with E-state index in [4.69, 9.17) is 4.74 Å². The normalized spacial score (nSPS) is 11.7. The number of nitrogens with zero attached hydrogens (tertiary/aromatic N) is 2. The van der Waals surface area contributed by atoms with Gasteiger partial charge in [0.05, 0.1) is 11.3 Å². The Morgan fingerprint density at radius 2 is 1.84 bits per heavy atom. The Morgan fingerprint density at radius 1 is 1.12 bits per heavy atom. The number of hydrogen-bond acceptors (Lipinski definition) is 6. The van der Waals surface area contributed by atoms with Gasteiger partial charge in [0.2, 0.25) is 0 Å². The Hall–Kier alpha value is -3.30. The van der Waals surface area contributed by atoms with Gasteiger partial charge in [0.15, 0.2) is 11.2 Å². The Labute approximate surface area is 197 Å². The van der Waals surface area contributed by atoms with Gasteiger partial charge in [0.1, 0.15) is 5.82 Å². The number of nitrogens with one attached hydrogen (secondary N) is 2. The van der Waals surface area contributed by atoms with Crippen LogP contribution in [0.15, 0.2) is 70.8 Å². The van der Waals surface area contributed by atoms with Crippen LogP contribution in [0.5, 0.6) is 0 Å². The molecule has 2 aromatic carbocycles. The molecule has 0 fully saturated rings. The first-order chi connectivity index (χ1) is 15.5. The molecular weight excluding hydrogens is 492 g/mol. The highest BCUT2D eigenvalue weighted by atomic mass is 79.9. The van der Waals surface area contributed by atoms with E-state index in [2.05, 4.69) is 36.2 Å². The molecule has 0 radical (unpaired) electrons. The second-order valence-corrected chi connectivity index (χ2v) is 8.63. The summed E-state index contributed by atoms with van der Waals surface area (Å²) in [5.41, 5.74) is 2.92. The van der Waals surface area contributed by atoms with E-state index < -0.39 is 18.0 Å². The van der Waals surface area contributed by atoms with Gasteiger partial charge >= 0.3 is 5.97 Å². The minimum atomic E-state index is -0.924. The summed E-state index contributed by atoms with van der Waals surface area (Å²) in [6.45, 7) is 1.78. The van der Waals surface area contributed by atoms with Gasteiger partial charge in [-0.2, -0.15) is 0 Å². The van der Waals surface area contributed by atoms with Crippen LogP contribution in [0.25, 0.3) is 22.6 Å². The van der Waals surface area contributed by atoms with E-state index in [0.29, 0.717) is 22.9 Å². The zero-order chi connectivity index (χ0) is 22.5. The van der Waals surface area contributed by atoms with Gasteiger partial charge in [-0.05, 0) is 30.7 Å². The molecule has 4 aromatic rings. The molecule has 0 aliphatic carbocycles. The first kappa shape index (κ1) is 21.9. The average molecular weight is 511 g/mol. The summed E-state index contributed by atoms with van der Waals surface area (Å²) in [6.07, 6.45) is 2.80. The van der Waals surface area contributed by atoms with E-state index in [1.165, 1.54) is 11.3 Å². The van der Waals surface area contributed by atoms with Crippen molar-refractivity contribution in [1.29, 1.82) is 0 Å². The van der Waals surface area contributed by atoms with Crippen LogP contribution < -0.4 is 5.32 Å². The Kier molecular flexibility index (Phi) is 6.77. The number of amides is 1. The number of halogens is 1. The molecule has 1 amide bonds. The van der Waals surface area contributed by atoms with Crippen LogP contribution in [0, 0.1) is 0 Å². The number of anilines is 1. The minimum Gasteiger partial charge on any atom is -0.449 e. The molecule has 9 heteroatoms. The molecule has 2 N–H and O–H groups in total. The highest BCUT2D eigenvalue weighted by Crippen LogP contribution is 2.26. The molecule has 4 rings (SSSR count). The molecule has 0 aliphatic rings. The van der Waals surface area contributed by atoms with Gasteiger partial charge in [-0.25, -0.2) is 14.8 Å². The number of H-pyrrole nitrogens is 1. The number of carbonyl (C=O) groups is 2. The smallest absolute Gasteiger partial charge is 0.338 e. The zero-order valence-electron chi connectivity index (χ0n) is 17.0. The molecule has 0 spiro atoms. The van der Waals surface area contributed by atoms with Crippen molar-refractivity contribution in [2.75, 3.05) is 5.32 Å². The molecule has 7 nitrogen and oxygen atoms in total. The molecule has 2 aromatic heterocycles. The zero-order valence-corrected chi connectivity index (χ0v) is 19.4. The van der Waals surface area contributed by atoms with Crippen molar-refractivity contribution >= 4 is 44.3 Å². The molecule has 0 bridgehead atoms. The third-order valence-corrected chi connectivity index (χ3v) is 5.97. The number of hydrogen-bond donors (Lipinski definition) is 2. The number of carbonyl (C=O) groups excluding carboxylic acids is 2. The first-order valence-electron chi connectivity index (χ1n) is 9.86. The predicted molar refractivity (Wildman–Crippen MR) is 127 cm³/mol. The van der Waals surface area contributed by atoms with Crippen LogP contribution in [0.4, 0.5) is 5.13 Å². The molecule has 162 valence electrons. The molecule has 0 saturated heterocycles. The Morgan fingerprint density at radius 3 is 2.50 bits per heavy atom. The van der Waals surface area contributed by atoms with Crippen LogP contribution in [0.1, 0.15) is 23.7 Å². The van der Waals surface area contributed by atoms with Gasteiger partial charge in [0, 0.05) is 33.4 Å². The van der Waals surface area contributed by atoms with Gasteiger partial charge in [-0.1, -0.05) is 47.1 Å². The number of ether oxygens (including phenoxy) is 1. The van der Waals surface area contributed by atoms with Gasteiger partial charge in [-0.15, -0.1) is 11.3 Å². The maximum Gasteiger partial charge on any atom is 0.338 e. The van der Waals surface area contributed by atoms with Crippen molar-refractivity contribution in [2.24, 2.45) is 0 Å². The van der Waals surface area contributed by atoms with E-state index in [9.17, 15) is 9.59 Å². The summed E-state index contributed by atoms with van der Waals surface area (Å²) < 4.78 is 6.43. The second-order valence-electron chi connectivity index (χ2n) is 6.85. The van der Waals surface area contributed by atoms with Crippen LogP contribution in [0.2, 0.25) is 0 Å². The third-order valence-electron chi connectivity index (χ3n) is 4.68. The quantitative estimate of drug-likeness (QED) is 0.318. The minimum absolute atomic E-state index is 0.340. The summed E-state index contributed by atoms with van der Waals surface area (Å²) >= 11 is 4.72. The second kappa shape index (κ2) is 9.88. The molecule has 0 aliphatic heterocycles. The highest BCUT2D eigenvalue weighted by Gasteiger charge is 2.23. The van der Waals surface area contributed by atoms with Gasteiger partial charge in [0.25, 0.3) is 5.91 Å². The van der Waals surface area contributed by atoms with Crippen LogP contribution in [0.3, 0.4) is 0 Å². The Balaban J connectivity index is 1.38. The lowest BCUT2D eigenvalue weighted by Gasteiger charge is -2.15. The Bertz CT molecular complexity index is 1210.